The van der Waals surface area contributed by atoms with E-state index in [-0.39, 0.29) is 5.91 Å². The number of rotatable bonds is 5. The third kappa shape index (κ3) is 3.77. The molecule has 0 spiro atoms. The van der Waals surface area contributed by atoms with Crippen LogP contribution in [0.5, 0.6) is 0 Å². The van der Waals surface area contributed by atoms with E-state index in [1.807, 2.05) is 32.0 Å². The van der Waals surface area contributed by atoms with Gasteiger partial charge in [0.1, 0.15) is 12.1 Å². The number of nitrogens with one attached hydrogen (secondary N) is 1. The Labute approximate surface area is 161 Å². The molecule has 1 unspecified atom stereocenters. The van der Waals surface area contributed by atoms with E-state index in [2.05, 4.69) is 30.8 Å². The molecule has 1 saturated heterocycles. The van der Waals surface area contributed by atoms with Crippen molar-refractivity contribution in [2.75, 3.05) is 11.9 Å². The average Bonchev–Trinajstić information content (AvgIpc) is 3.39. The molecule has 3 heterocycles. The lowest BCUT2D eigenvalue weighted by molar-refractivity contribution is 0.102. The standard InChI is InChI=1S/C19H21N5O2S/c1-12-17(13(2)26-23-12)16-7-4-8-24(16)10-14-5-3-6-15(9-14)18(25)22-19-20-11-21-27-19/h3,5-6,9,11,16H,4,7-8,10H2,1-2H3,(H,20,21,22,25). The third-order valence-corrected chi connectivity index (χ3v) is 5.52. The number of aryl methyl sites for hydroxylation is 2. The molecule has 2 aromatic heterocycles. The van der Waals surface area contributed by atoms with Crippen LogP contribution in [0.4, 0.5) is 5.13 Å². The highest BCUT2D eigenvalue weighted by Crippen LogP contribution is 2.36. The van der Waals surface area contributed by atoms with E-state index in [0.29, 0.717) is 16.7 Å². The van der Waals surface area contributed by atoms with Gasteiger partial charge in [-0.05, 0) is 50.9 Å². The van der Waals surface area contributed by atoms with Gasteiger partial charge in [-0.25, -0.2) is 4.98 Å². The van der Waals surface area contributed by atoms with Gasteiger partial charge in [0.15, 0.2) is 0 Å². The Hall–Kier alpha value is -2.58. The summed E-state index contributed by atoms with van der Waals surface area (Å²) in [6, 6.07) is 8.06. The largest absolute Gasteiger partial charge is 0.361 e. The first-order chi connectivity index (χ1) is 13.1. The monoisotopic (exact) mass is 383 g/mol. The number of carbonyl (C=O) groups is 1. The Morgan fingerprint density at radius 3 is 3.04 bits per heavy atom. The highest BCUT2D eigenvalue weighted by Gasteiger charge is 2.30. The van der Waals surface area contributed by atoms with Crippen LogP contribution in [0.2, 0.25) is 0 Å². The number of hydrogen-bond acceptors (Lipinski definition) is 7. The number of carbonyl (C=O) groups excluding carboxylic acids is 1. The molecule has 4 rings (SSSR count). The van der Waals surface area contributed by atoms with Gasteiger partial charge in [0.25, 0.3) is 5.91 Å². The summed E-state index contributed by atoms with van der Waals surface area (Å²) in [7, 11) is 0. The van der Waals surface area contributed by atoms with Crippen LogP contribution < -0.4 is 5.32 Å². The molecular formula is C19H21N5O2S. The summed E-state index contributed by atoms with van der Waals surface area (Å²) in [6.07, 6.45) is 3.67. The first-order valence-electron chi connectivity index (χ1n) is 8.95. The molecule has 7 nitrogen and oxygen atoms in total. The van der Waals surface area contributed by atoms with Gasteiger partial charge in [0.2, 0.25) is 5.13 Å². The molecule has 0 radical (unpaired) electrons. The summed E-state index contributed by atoms with van der Waals surface area (Å²) >= 11 is 1.16. The molecule has 140 valence electrons. The van der Waals surface area contributed by atoms with Crippen LogP contribution in [0.25, 0.3) is 0 Å². The van der Waals surface area contributed by atoms with Crippen LogP contribution in [0, 0.1) is 13.8 Å². The zero-order valence-electron chi connectivity index (χ0n) is 15.3. The molecule has 1 amide bonds. The van der Waals surface area contributed by atoms with E-state index in [9.17, 15) is 4.79 Å². The molecule has 1 atom stereocenters. The molecule has 1 fully saturated rings. The zero-order valence-corrected chi connectivity index (χ0v) is 16.1. The van der Waals surface area contributed by atoms with Crippen LogP contribution >= 0.6 is 11.5 Å². The maximum absolute atomic E-state index is 12.4. The predicted octanol–water partition coefficient (Wildman–Crippen LogP) is 3.73. The van der Waals surface area contributed by atoms with Crippen LogP contribution in [0.1, 0.15) is 51.8 Å². The van der Waals surface area contributed by atoms with E-state index in [1.54, 1.807) is 0 Å². The maximum Gasteiger partial charge on any atom is 0.257 e. The Morgan fingerprint density at radius 1 is 1.41 bits per heavy atom. The average molecular weight is 383 g/mol. The van der Waals surface area contributed by atoms with Crippen molar-refractivity contribution in [3.05, 3.63) is 58.7 Å². The summed E-state index contributed by atoms with van der Waals surface area (Å²) in [5, 5.41) is 7.39. The molecule has 1 N–H and O–H groups in total. The number of nitrogens with zero attached hydrogens (tertiary/aromatic N) is 4. The molecule has 27 heavy (non-hydrogen) atoms. The molecule has 0 aliphatic carbocycles. The second-order valence-electron chi connectivity index (χ2n) is 6.77. The van der Waals surface area contributed by atoms with Crippen LogP contribution in [-0.2, 0) is 6.54 Å². The smallest absolute Gasteiger partial charge is 0.257 e. The van der Waals surface area contributed by atoms with Crippen LogP contribution in [0.15, 0.2) is 35.1 Å². The number of aromatic nitrogens is 3. The Kier molecular flexibility index (Phi) is 5.00. The van der Waals surface area contributed by atoms with Gasteiger partial charge in [-0.3, -0.25) is 15.0 Å². The van der Waals surface area contributed by atoms with Crippen molar-refractivity contribution in [2.24, 2.45) is 0 Å². The Morgan fingerprint density at radius 2 is 2.30 bits per heavy atom. The first kappa shape index (κ1) is 17.8. The summed E-state index contributed by atoms with van der Waals surface area (Å²) < 4.78 is 9.27. The van der Waals surface area contributed by atoms with Gasteiger partial charge in [-0.2, -0.15) is 4.37 Å². The summed E-state index contributed by atoms with van der Waals surface area (Å²) in [4.78, 5) is 18.9. The van der Waals surface area contributed by atoms with Crippen molar-refractivity contribution < 1.29 is 9.32 Å². The van der Waals surface area contributed by atoms with Crippen molar-refractivity contribution in [1.82, 2.24) is 19.4 Å². The Balaban J connectivity index is 1.50. The first-order valence-corrected chi connectivity index (χ1v) is 9.73. The highest BCUT2D eigenvalue weighted by atomic mass is 32.1. The minimum atomic E-state index is -0.169. The number of likely N-dealkylation sites (tertiary alicyclic amines) is 1. The van der Waals surface area contributed by atoms with E-state index in [1.165, 1.54) is 11.9 Å². The topological polar surface area (TPSA) is 84.2 Å². The van der Waals surface area contributed by atoms with Gasteiger partial charge in [0.05, 0.1) is 5.69 Å². The highest BCUT2D eigenvalue weighted by molar-refractivity contribution is 7.09. The molecule has 3 aromatic rings. The van der Waals surface area contributed by atoms with Crippen LogP contribution in [-0.4, -0.2) is 31.9 Å². The molecule has 1 aliphatic heterocycles. The minimum Gasteiger partial charge on any atom is -0.361 e. The molecule has 0 saturated carbocycles. The normalized spacial score (nSPS) is 17.3. The predicted molar refractivity (Wildman–Crippen MR) is 103 cm³/mol. The quantitative estimate of drug-likeness (QED) is 0.723. The fourth-order valence-electron chi connectivity index (χ4n) is 3.75. The fourth-order valence-corrected chi connectivity index (χ4v) is 4.18. The summed E-state index contributed by atoms with van der Waals surface area (Å²) in [5.41, 5.74) is 3.90. The number of benzene rings is 1. The molecule has 1 aliphatic rings. The van der Waals surface area contributed by atoms with Gasteiger partial charge in [-0.1, -0.05) is 17.3 Å². The Bertz CT molecular complexity index is 918. The lowest BCUT2D eigenvalue weighted by Crippen LogP contribution is -2.23. The number of hydrogen-bond donors (Lipinski definition) is 1. The minimum absolute atomic E-state index is 0.169. The van der Waals surface area contributed by atoms with Gasteiger partial charge in [-0.15, -0.1) is 0 Å². The van der Waals surface area contributed by atoms with Crippen molar-refractivity contribution in [1.29, 1.82) is 0 Å². The van der Waals surface area contributed by atoms with E-state index in [0.717, 1.165) is 54.5 Å². The van der Waals surface area contributed by atoms with Gasteiger partial charge >= 0.3 is 0 Å². The number of amides is 1. The van der Waals surface area contributed by atoms with E-state index < -0.39 is 0 Å². The van der Waals surface area contributed by atoms with E-state index >= 15 is 0 Å². The summed E-state index contributed by atoms with van der Waals surface area (Å²) in [5.74, 6) is 0.729. The van der Waals surface area contributed by atoms with Crippen molar-refractivity contribution in [3.63, 3.8) is 0 Å². The molecule has 8 heteroatoms. The SMILES string of the molecule is Cc1noc(C)c1C1CCCN1Cc1cccc(C(=O)Nc2ncns2)c1. The second-order valence-corrected chi connectivity index (χ2v) is 7.55. The molecule has 1 aromatic carbocycles. The third-order valence-electron chi connectivity index (χ3n) is 4.94. The lowest BCUT2D eigenvalue weighted by atomic mass is 10.0. The van der Waals surface area contributed by atoms with Crippen molar-refractivity contribution in [3.8, 4) is 0 Å². The van der Waals surface area contributed by atoms with Crippen molar-refractivity contribution >= 4 is 22.6 Å². The number of anilines is 1. The zero-order chi connectivity index (χ0) is 18.8. The molecular weight excluding hydrogens is 362 g/mol. The van der Waals surface area contributed by atoms with Crippen molar-refractivity contribution in [2.45, 2.75) is 39.3 Å². The molecule has 0 bridgehead atoms. The van der Waals surface area contributed by atoms with Gasteiger partial charge in [0, 0.05) is 35.2 Å². The second kappa shape index (κ2) is 7.58. The van der Waals surface area contributed by atoms with Crippen LogP contribution in [0.3, 0.4) is 0 Å². The van der Waals surface area contributed by atoms with E-state index in [4.69, 9.17) is 4.52 Å². The maximum atomic E-state index is 12.4. The fraction of sp³-hybridized carbons (Fsp3) is 0.368. The summed E-state index contributed by atoms with van der Waals surface area (Å²) in [6.45, 7) is 5.79. The lowest BCUT2D eigenvalue weighted by Gasteiger charge is -2.24. The van der Waals surface area contributed by atoms with Gasteiger partial charge < -0.3 is 4.52 Å².